The molecular weight excluding hydrogens is 156 g/mol. The first-order valence-electron chi connectivity index (χ1n) is 4.53. The molecule has 0 aromatic carbocycles. The first-order chi connectivity index (χ1) is 5.16. The fraction of sp³-hybridized carbons (Fsp3) is 1.00. The minimum absolute atomic E-state index is 0.195. The van der Waals surface area contributed by atoms with Gasteiger partial charge in [-0.25, -0.2) is 0 Å². The lowest BCUT2D eigenvalue weighted by atomic mass is 10.1. The Morgan fingerprint density at radius 3 is 2.45 bits per heavy atom. The van der Waals surface area contributed by atoms with Gasteiger partial charge in [0.1, 0.15) is 0 Å². The first-order valence-corrected chi connectivity index (χ1v) is 5.04. The second-order valence-electron chi connectivity index (χ2n) is 3.23. The van der Waals surface area contributed by atoms with Crippen LogP contribution in [0.15, 0.2) is 0 Å². The average Bonchev–Trinajstić information content (AvgIpc) is 1.86. The highest BCUT2D eigenvalue weighted by Gasteiger charge is 2.05. The van der Waals surface area contributed by atoms with Crippen LogP contribution in [0.4, 0.5) is 0 Å². The van der Waals surface area contributed by atoms with Gasteiger partial charge in [-0.1, -0.05) is 26.2 Å². The molecule has 11 heavy (non-hydrogen) atoms. The van der Waals surface area contributed by atoms with Gasteiger partial charge >= 0.3 is 0 Å². The fourth-order valence-electron chi connectivity index (χ4n) is 1.14. The lowest BCUT2D eigenvalue weighted by Gasteiger charge is -2.11. The van der Waals surface area contributed by atoms with Gasteiger partial charge in [-0.2, -0.15) is 12.6 Å². The smallest absolute Gasteiger partial charge is 0.0522 e. The summed E-state index contributed by atoms with van der Waals surface area (Å²) in [6, 6.07) is 0. The van der Waals surface area contributed by atoms with Crippen LogP contribution in [0, 0.1) is 0 Å². The molecule has 0 aliphatic heterocycles. The molecule has 68 valence electrons. The van der Waals surface area contributed by atoms with Crippen LogP contribution in [0.25, 0.3) is 0 Å². The molecule has 0 bridgehead atoms. The SMILES string of the molecule is CCCCCC(S)CC(C)O. The van der Waals surface area contributed by atoms with Crippen molar-refractivity contribution in [2.24, 2.45) is 0 Å². The van der Waals surface area contributed by atoms with Crippen molar-refractivity contribution in [3.8, 4) is 0 Å². The van der Waals surface area contributed by atoms with Gasteiger partial charge in [0, 0.05) is 5.25 Å². The summed E-state index contributed by atoms with van der Waals surface area (Å²) in [6.07, 6.45) is 5.57. The molecule has 0 aliphatic carbocycles. The molecule has 1 nitrogen and oxygen atoms in total. The monoisotopic (exact) mass is 176 g/mol. The quantitative estimate of drug-likeness (QED) is 0.471. The van der Waals surface area contributed by atoms with Crippen LogP contribution in [-0.4, -0.2) is 16.5 Å². The minimum Gasteiger partial charge on any atom is -0.393 e. The predicted octanol–water partition coefficient (Wildman–Crippen LogP) is 2.64. The summed E-state index contributed by atoms with van der Waals surface area (Å²) >= 11 is 4.38. The molecule has 0 radical (unpaired) electrons. The Balaban J connectivity index is 3.15. The molecule has 2 unspecified atom stereocenters. The van der Waals surface area contributed by atoms with E-state index in [1.165, 1.54) is 19.3 Å². The Hall–Kier alpha value is 0.310. The van der Waals surface area contributed by atoms with Gasteiger partial charge < -0.3 is 5.11 Å². The lowest BCUT2D eigenvalue weighted by molar-refractivity contribution is 0.182. The number of hydrogen-bond acceptors (Lipinski definition) is 2. The highest BCUT2D eigenvalue weighted by molar-refractivity contribution is 7.80. The van der Waals surface area contributed by atoms with Crippen molar-refractivity contribution in [2.45, 2.75) is 57.3 Å². The van der Waals surface area contributed by atoms with E-state index in [0.29, 0.717) is 5.25 Å². The zero-order chi connectivity index (χ0) is 8.69. The van der Waals surface area contributed by atoms with Gasteiger partial charge in [0.2, 0.25) is 0 Å². The number of aliphatic hydroxyl groups is 1. The number of unbranched alkanes of at least 4 members (excludes halogenated alkanes) is 2. The summed E-state index contributed by atoms with van der Waals surface area (Å²) in [5, 5.41) is 9.42. The van der Waals surface area contributed by atoms with Crippen LogP contribution < -0.4 is 0 Å². The van der Waals surface area contributed by atoms with E-state index < -0.39 is 0 Å². The predicted molar refractivity (Wildman–Crippen MR) is 53.2 cm³/mol. The van der Waals surface area contributed by atoms with Crippen molar-refractivity contribution in [3.05, 3.63) is 0 Å². The summed E-state index contributed by atoms with van der Waals surface area (Å²) in [5.41, 5.74) is 0. The van der Waals surface area contributed by atoms with Gasteiger partial charge in [-0.15, -0.1) is 0 Å². The zero-order valence-corrected chi connectivity index (χ0v) is 8.48. The molecule has 0 heterocycles. The average molecular weight is 176 g/mol. The molecular formula is C9H20OS. The van der Waals surface area contributed by atoms with Gasteiger partial charge in [0.25, 0.3) is 0 Å². The number of aliphatic hydroxyl groups excluding tert-OH is 1. The van der Waals surface area contributed by atoms with Crippen LogP contribution in [-0.2, 0) is 0 Å². The van der Waals surface area contributed by atoms with Crippen molar-refractivity contribution in [2.75, 3.05) is 0 Å². The zero-order valence-electron chi connectivity index (χ0n) is 7.58. The molecule has 2 atom stereocenters. The van der Waals surface area contributed by atoms with E-state index in [0.717, 1.165) is 12.8 Å². The van der Waals surface area contributed by atoms with Gasteiger partial charge in [0.15, 0.2) is 0 Å². The normalized spacial score (nSPS) is 16.4. The maximum Gasteiger partial charge on any atom is 0.0522 e. The van der Waals surface area contributed by atoms with Crippen molar-refractivity contribution in [1.29, 1.82) is 0 Å². The van der Waals surface area contributed by atoms with Crippen LogP contribution in [0.5, 0.6) is 0 Å². The largest absolute Gasteiger partial charge is 0.393 e. The van der Waals surface area contributed by atoms with Crippen molar-refractivity contribution in [3.63, 3.8) is 0 Å². The molecule has 0 spiro atoms. The molecule has 2 heteroatoms. The number of hydrogen-bond donors (Lipinski definition) is 2. The highest BCUT2D eigenvalue weighted by Crippen LogP contribution is 2.13. The highest BCUT2D eigenvalue weighted by atomic mass is 32.1. The molecule has 0 rings (SSSR count). The first kappa shape index (κ1) is 11.3. The Morgan fingerprint density at radius 1 is 1.36 bits per heavy atom. The van der Waals surface area contributed by atoms with Crippen molar-refractivity contribution < 1.29 is 5.11 Å². The Morgan fingerprint density at radius 2 is 2.00 bits per heavy atom. The molecule has 0 saturated heterocycles. The van der Waals surface area contributed by atoms with E-state index in [1.807, 2.05) is 6.92 Å². The maximum absolute atomic E-state index is 9.03. The Kier molecular flexibility index (Phi) is 7.18. The lowest BCUT2D eigenvalue weighted by Crippen LogP contribution is -2.09. The Bertz CT molecular complexity index is 83.6. The Labute approximate surface area is 75.6 Å². The van der Waals surface area contributed by atoms with Crippen molar-refractivity contribution >= 4 is 12.6 Å². The van der Waals surface area contributed by atoms with Crippen LogP contribution in [0.3, 0.4) is 0 Å². The summed E-state index contributed by atoms with van der Waals surface area (Å²) in [4.78, 5) is 0. The van der Waals surface area contributed by atoms with E-state index in [9.17, 15) is 0 Å². The molecule has 0 saturated carbocycles. The third-order valence-electron chi connectivity index (χ3n) is 1.75. The van der Waals surface area contributed by atoms with Crippen LogP contribution >= 0.6 is 12.6 Å². The standard InChI is InChI=1S/C9H20OS/c1-3-4-5-6-9(11)7-8(2)10/h8-11H,3-7H2,1-2H3. The molecule has 0 aliphatic rings. The van der Waals surface area contributed by atoms with Gasteiger partial charge in [-0.05, 0) is 19.8 Å². The van der Waals surface area contributed by atoms with E-state index >= 15 is 0 Å². The molecule has 1 N–H and O–H groups in total. The minimum atomic E-state index is -0.195. The van der Waals surface area contributed by atoms with Gasteiger partial charge in [0.05, 0.1) is 6.10 Å². The molecule has 0 aromatic rings. The van der Waals surface area contributed by atoms with Crippen LogP contribution in [0.2, 0.25) is 0 Å². The summed E-state index contributed by atoms with van der Waals surface area (Å²) in [6.45, 7) is 4.02. The van der Waals surface area contributed by atoms with E-state index in [2.05, 4.69) is 19.6 Å². The summed E-state index contributed by atoms with van der Waals surface area (Å²) in [5.74, 6) is 0. The molecule has 0 aromatic heterocycles. The summed E-state index contributed by atoms with van der Waals surface area (Å²) < 4.78 is 0. The summed E-state index contributed by atoms with van der Waals surface area (Å²) in [7, 11) is 0. The van der Waals surface area contributed by atoms with Gasteiger partial charge in [-0.3, -0.25) is 0 Å². The van der Waals surface area contributed by atoms with E-state index in [-0.39, 0.29) is 6.10 Å². The second kappa shape index (κ2) is 6.99. The van der Waals surface area contributed by atoms with E-state index in [1.54, 1.807) is 0 Å². The molecule has 0 fully saturated rings. The third-order valence-corrected chi connectivity index (χ3v) is 2.22. The number of rotatable bonds is 6. The topological polar surface area (TPSA) is 20.2 Å². The maximum atomic E-state index is 9.03. The van der Waals surface area contributed by atoms with Crippen LogP contribution in [0.1, 0.15) is 46.0 Å². The molecule has 0 amide bonds. The number of thiol groups is 1. The third kappa shape index (κ3) is 8.21. The fourth-order valence-corrected chi connectivity index (χ4v) is 1.63. The van der Waals surface area contributed by atoms with Crippen molar-refractivity contribution in [1.82, 2.24) is 0 Å². The second-order valence-corrected chi connectivity index (χ2v) is 3.96. The van der Waals surface area contributed by atoms with E-state index in [4.69, 9.17) is 5.11 Å².